The van der Waals surface area contributed by atoms with Gasteiger partial charge in [0.1, 0.15) is 12.4 Å². The molecule has 1 saturated heterocycles. The monoisotopic (exact) mass is 103 g/mol. The Hall–Kier alpha value is -0.230. The number of nitrogens with one attached hydrogen (secondary N) is 1. The normalized spacial score (nSPS) is 23.2. The van der Waals surface area contributed by atoms with Crippen molar-refractivity contribution in [3.8, 4) is 0 Å². The molecule has 3 heteroatoms. The Bertz CT molecular complexity index is 74.9. The highest BCUT2D eigenvalue weighted by Gasteiger charge is 2.10. The standard InChI is InChI=1S/C3H6NOP/c6-4-1-3-2-5-3/h1,4H,2,6H2. The Labute approximate surface area is 38.8 Å². The molecule has 1 rings (SSSR count). The van der Waals surface area contributed by atoms with Gasteiger partial charge in [0.25, 0.3) is 0 Å². The second kappa shape index (κ2) is 1.48. The van der Waals surface area contributed by atoms with Gasteiger partial charge in [-0.3, -0.25) is 0 Å². The Morgan fingerprint density at radius 2 is 2.67 bits per heavy atom. The number of epoxide rings is 1. The topological polar surface area (TPSA) is 24.6 Å². The van der Waals surface area contributed by atoms with Crippen molar-refractivity contribution >= 4 is 9.39 Å². The van der Waals surface area contributed by atoms with E-state index in [1.165, 1.54) is 0 Å². The summed E-state index contributed by atoms with van der Waals surface area (Å²) >= 11 is 0. The number of hydrogen-bond acceptors (Lipinski definition) is 2. The predicted molar refractivity (Wildman–Crippen MR) is 26.9 cm³/mol. The molecule has 1 N–H and O–H groups in total. The molecule has 0 aliphatic carbocycles. The Morgan fingerprint density at radius 3 is 2.83 bits per heavy atom. The summed E-state index contributed by atoms with van der Waals surface area (Å²) < 4.78 is 4.73. The van der Waals surface area contributed by atoms with Crippen LogP contribution >= 0.6 is 9.39 Å². The molecular weight excluding hydrogens is 97.0 g/mol. The van der Waals surface area contributed by atoms with Crippen LogP contribution in [0.3, 0.4) is 0 Å². The summed E-state index contributed by atoms with van der Waals surface area (Å²) in [6.07, 6.45) is 1.81. The minimum Gasteiger partial charge on any atom is -0.485 e. The summed E-state index contributed by atoms with van der Waals surface area (Å²) in [6.45, 7) is 0.807. The highest BCUT2D eigenvalue weighted by molar-refractivity contribution is 7.13. The van der Waals surface area contributed by atoms with Crippen molar-refractivity contribution in [2.24, 2.45) is 0 Å². The summed E-state index contributed by atoms with van der Waals surface area (Å²) in [6, 6.07) is 0. The smallest absolute Gasteiger partial charge is 0.150 e. The van der Waals surface area contributed by atoms with Crippen molar-refractivity contribution in [2.75, 3.05) is 6.61 Å². The molecule has 0 aromatic carbocycles. The third kappa shape index (κ3) is 0.869. The van der Waals surface area contributed by atoms with Gasteiger partial charge in [-0.25, -0.2) is 0 Å². The van der Waals surface area contributed by atoms with Gasteiger partial charge in [-0.05, 0) is 9.39 Å². The van der Waals surface area contributed by atoms with E-state index in [9.17, 15) is 0 Å². The summed E-state index contributed by atoms with van der Waals surface area (Å²) in [5, 5.41) is 2.76. The summed E-state index contributed by atoms with van der Waals surface area (Å²) in [4.78, 5) is 0. The zero-order chi connectivity index (χ0) is 4.41. The van der Waals surface area contributed by atoms with Gasteiger partial charge < -0.3 is 9.82 Å². The first kappa shape index (κ1) is 3.94. The zero-order valence-electron chi connectivity index (χ0n) is 3.27. The van der Waals surface area contributed by atoms with Gasteiger partial charge in [-0.1, -0.05) is 0 Å². The van der Waals surface area contributed by atoms with E-state index in [-0.39, 0.29) is 0 Å². The highest BCUT2D eigenvalue weighted by atomic mass is 31.0. The molecule has 1 heterocycles. The van der Waals surface area contributed by atoms with E-state index >= 15 is 0 Å². The molecule has 1 atom stereocenters. The summed E-state index contributed by atoms with van der Waals surface area (Å²) in [5.74, 6) is 1.03. The maximum atomic E-state index is 4.73. The van der Waals surface area contributed by atoms with Gasteiger partial charge in [0.15, 0.2) is 0 Å². The van der Waals surface area contributed by atoms with Crippen molar-refractivity contribution in [1.82, 2.24) is 5.09 Å². The van der Waals surface area contributed by atoms with Crippen LogP contribution in [0.15, 0.2) is 12.0 Å². The van der Waals surface area contributed by atoms with Crippen LogP contribution in [-0.4, -0.2) is 6.61 Å². The maximum Gasteiger partial charge on any atom is 0.150 e. The van der Waals surface area contributed by atoms with E-state index in [2.05, 4.69) is 14.5 Å². The number of hydrogen-bond donors (Lipinski definition) is 1. The van der Waals surface area contributed by atoms with Crippen LogP contribution in [0.25, 0.3) is 0 Å². The van der Waals surface area contributed by atoms with Crippen LogP contribution in [0.1, 0.15) is 0 Å². The maximum absolute atomic E-state index is 4.73. The molecule has 0 spiro atoms. The Kier molecular flexibility index (Phi) is 0.972. The van der Waals surface area contributed by atoms with Crippen LogP contribution < -0.4 is 5.09 Å². The lowest BCUT2D eigenvalue weighted by atomic mass is 10.7. The zero-order valence-corrected chi connectivity index (χ0v) is 4.42. The quantitative estimate of drug-likeness (QED) is 0.379. The molecule has 0 aromatic heterocycles. The Balaban J connectivity index is 2.24. The number of rotatable bonds is 1. The third-order valence-corrected chi connectivity index (χ3v) is 0.722. The van der Waals surface area contributed by atoms with Crippen molar-refractivity contribution < 1.29 is 4.74 Å². The van der Waals surface area contributed by atoms with Crippen molar-refractivity contribution in [1.29, 1.82) is 0 Å². The fraction of sp³-hybridized carbons (Fsp3) is 0.333. The first-order valence-corrected chi connectivity index (χ1v) is 2.29. The molecular formula is C3H6NOP. The fourth-order valence-electron chi connectivity index (χ4n) is 0.218. The first-order valence-electron chi connectivity index (χ1n) is 1.71. The molecule has 0 aromatic rings. The summed E-state index contributed by atoms with van der Waals surface area (Å²) in [5.41, 5.74) is 0. The van der Waals surface area contributed by atoms with Gasteiger partial charge in [-0.2, -0.15) is 0 Å². The second-order valence-corrected chi connectivity index (χ2v) is 1.40. The van der Waals surface area contributed by atoms with Gasteiger partial charge in [0.05, 0.1) is 0 Å². The van der Waals surface area contributed by atoms with Crippen LogP contribution in [0, 0.1) is 0 Å². The van der Waals surface area contributed by atoms with E-state index < -0.39 is 0 Å². The fourth-order valence-corrected chi connectivity index (χ4v) is 0.404. The van der Waals surface area contributed by atoms with E-state index in [0.717, 1.165) is 12.4 Å². The van der Waals surface area contributed by atoms with Crippen molar-refractivity contribution in [3.63, 3.8) is 0 Å². The van der Waals surface area contributed by atoms with Gasteiger partial charge in [0.2, 0.25) is 0 Å². The van der Waals surface area contributed by atoms with Crippen LogP contribution in [0.5, 0.6) is 0 Å². The average molecular weight is 103 g/mol. The molecule has 0 radical (unpaired) electrons. The van der Waals surface area contributed by atoms with E-state index in [0.29, 0.717) is 0 Å². The minimum absolute atomic E-state index is 0.807. The van der Waals surface area contributed by atoms with Gasteiger partial charge >= 0.3 is 0 Å². The molecule has 34 valence electrons. The van der Waals surface area contributed by atoms with Crippen molar-refractivity contribution in [2.45, 2.75) is 0 Å². The molecule has 6 heavy (non-hydrogen) atoms. The predicted octanol–water partition coefficient (Wildman–Crippen LogP) is 0.238. The van der Waals surface area contributed by atoms with E-state index in [1.54, 1.807) is 0 Å². The van der Waals surface area contributed by atoms with Crippen LogP contribution in [0.4, 0.5) is 0 Å². The largest absolute Gasteiger partial charge is 0.485 e. The lowest BCUT2D eigenvalue weighted by molar-refractivity contribution is 0.508. The molecule has 1 fully saturated rings. The van der Waals surface area contributed by atoms with Crippen molar-refractivity contribution in [3.05, 3.63) is 12.0 Å². The molecule has 1 aliphatic heterocycles. The molecule has 0 bridgehead atoms. The van der Waals surface area contributed by atoms with E-state index in [4.69, 9.17) is 4.74 Å². The van der Waals surface area contributed by atoms with Gasteiger partial charge in [0, 0.05) is 6.20 Å². The molecule has 1 unspecified atom stereocenters. The van der Waals surface area contributed by atoms with Crippen LogP contribution in [0.2, 0.25) is 0 Å². The number of ether oxygens (including phenoxy) is 1. The van der Waals surface area contributed by atoms with Crippen LogP contribution in [-0.2, 0) is 4.74 Å². The Morgan fingerprint density at radius 1 is 2.00 bits per heavy atom. The summed E-state index contributed by atoms with van der Waals surface area (Å²) in [7, 11) is 2.36. The molecule has 2 nitrogen and oxygen atoms in total. The minimum atomic E-state index is 0.807. The molecule has 1 aliphatic rings. The lowest BCUT2D eigenvalue weighted by Gasteiger charge is -1.73. The SMILES string of the molecule is PNC=C1CO1. The van der Waals surface area contributed by atoms with E-state index in [1.807, 2.05) is 6.20 Å². The second-order valence-electron chi connectivity index (χ2n) is 1.07. The molecule has 0 amide bonds. The van der Waals surface area contributed by atoms with Gasteiger partial charge in [-0.15, -0.1) is 0 Å². The first-order chi connectivity index (χ1) is 2.93. The molecule has 0 saturated carbocycles. The average Bonchev–Trinajstić information content (AvgIpc) is 2.21. The third-order valence-electron chi connectivity index (χ3n) is 0.555. The highest BCUT2D eigenvalue weighted by Crippen LogP contribution is 2.11. The lowest BCUT2D eigenvalue weighted by Crippen LogP contribution is -1.76.